The summed E-state index contributed by atoms with van der Waals surface area (Å²) in [6, 6.07) is 14.0. The summed E-state index contributed by atoms with van der Waals surface area (Å²) in [5.41, 5.74) is 3.71. The zero-order valence-corrected chi connectivity index (χ0v) is 11.9. The van der Waals surface area contributed by atoms with Crippen LogP contribution in [-0.2, 0) is 10.2 Å². The number of carbonyl (C=O) groups is 1. The Hall–Kier alpha value is -2.29. The Labute approximate surface area is 118 Å². The minimum absolute atomic E-state index is 0.0550. The van der Waals surface area contributed by atoms with Crippen molar-refractivity contribution in [3.63, 3.8) is 0 Å². The summed E-state index contributed by atoms with van der Waals surface area (Å²) in [4.78, 5) is 12.0. The van der Waals surface area contributed by atoms with Gasteiger partial charge in [-0.2, -0.15) is 0 Å². The van der Waals surface area contributed by atoms with Gasteiger partial charge in [-0.05, 0) is 54.8 Å². The third kappa shape index (κ3) is 1.86. The predicted octanol–water partition coefficient (Wildman–Crippen LogP) is 3.59. The largest absolute Gasteiger partial charge is 0.497 e. The standard InChI is InChI=1S/C17H17NO2/c1-17(2)14-10-12(6-9-15(14)18-16(17)19)11-4-7-13(20-3)8-5-11/h4-10H,1-3H3,(H,18,19). The Bertz CT molecular complexity index is 672. The molecule has 1 aliphatic rings. The lowest BCUT2D eigenvalue weighted by molar-refractivity contribution is -0.119. The van der Waals surface area contributed by atoms with Crippen molar-refractivity contribution in [2.45, 2.75) is 19.3 Å². The minimum Gasteiger partial charge on any atom is -0.497 e. The van der Waals surface area contributed by atoms with Crippen LogP contribution in [0, 0.1) is 0 Å². The number of methoxy groups -OCH3 is 1. The second-order valence-corrected chi connectivity index (χ2v) is 5.57. The highest BCUT2D eigenvalue weighted by Gasteiger charge is 2.38. The Balaban J connectivity index is 2.05. The van der Waals surface area contributed by atoms with Crippen molar-refractivity contribution >= 4 is 11.6 Å². The number of hydrogen-bond acceptors (Lipinski definition) is 2. The summed E-state index contributed by atoms with van der Waals surface area (Å²) >= 11 is 0. The van der Waals surface area contributed by atoms with E-state index in [1.807, 2.05) is 50.2 Å². The number of fused-ring (bicyclic) bond motifs is 1. The molecule has 20 heavy (non-hydrogen) atoms. The van der Waals surface area contributed by atoms with E-state index in [-0.39, 0.29) is 5.91 Å². The first-order valence-corrected chi connectivity index (χ1v) is 6.63. The maximum Gasteiger partial charge on any atom is 0.234 e. The zero-order chi connectivity index (χ0) is 14.3. The summed E-state index contributed by atoms with van der Waals surface area (Å²) in [7, 11) is 1.66. The first-order valence-electron chi connectivity index (χ1n) is 6.63. The quantitative estimate of drug-likeness (QED) is 0.903. The molecule has 2 aromatic rings. The van der Waals surface area contributed by atoms with E-state index in [1.165, 1.54) is 0 Å². The third-order valence-electron chi connectivity index (χ3n) is 3.93. The van der Waals surface area contributed by atoms with Crippen molar-refractivity contribution in [1.29, 1.82) is 0 Å². The van der Waals surface area contributed by atoms with Gasteiger partial charge in [0.2, 0.25) is 5.91 Å². The number of carbonyl (C=O) groups excluding carboxylic acids is 1. The number of benzene rings is 2. The number of nitrogens with one attached hydrogen (secondary N) is 1. The molecular weight excluding hydrogens is 250 g/mol. The zero-order valence-electron chi connectivity index (χ0n) is 11.9. The van der Waals surface area contributed by atoms with Gasteiger partial charge in [0, 0.05) is 5.69 Å². The van der Waals surface area contributed by atoms with E-state index in [1.54, 1.807) is 7.11 Å². The molecule has 0 bridgehead atoms. The van der Waals surface area contributed by atoms with E-state index >= 15 is 0 Å². The maximum atomic E-state index is 12.0. The maximum absolute atomic E-state index is 12.0. The summed E-state index contributed by atoms with van der Waals surface area (Å²) in [5, 5.41) is 2.93. The summed E-state index contributed by atoms with van der Waals surface area (Å²) in [5.74, 6) is 0.895. The lowest BCUT2D eigenvalue weighted by atomic mass is 9.85. The van der Waals surface area contributed by atoms with Crippen molar-refractivity contribution < 1.29 is 9.53 Å². The SMILES string of the molecule is COc1ccc(-c2ccc3c(c2)C(C)(C)C(=O)N3)cc1. The van der Waals surface area contributed by atoms with Crippen molar-refractivity contribution in [3.8, 4) is 16.9 Å². The van der Waals surface area contributed by atoms with Crippen LogP contribution in [0.2, 0.25) is 0 Å². The summed E-state index contributed by atoms with van der Waals surface area (Å²) in [6.07, 6.45) is 0. The molecule has 0 aliphatic carbocycles. The first-order chi connectivity index (χ1) is 9.52. The van der Waals surface area contributed by atoms with Gasteiger partial charge in [0.05, 0.1) is 12.5 Å². The van der Waals surface area contributed by atoms with Gasteiger partial charge in [-0.3, -0.25) is 4.79 Å². The highest BCUT2D eigenvalue weighted by molar-refractivity contribution is 6.06. The van der Waals surface area contributed by atoms with Crippen LogP contribution in [0.25, 0.3) is 11.1 Å². The molecule has 0 aromatic heterocycles. The summed E-state index contributed by atoms with van der Waals surface area (Å²) in [6.45, 7) is 3.90. The van der Waals surface area contributed by atoms with Crippen molar-refractivity contribution in [3.05, 3.63) is 48.0 Å². The van der Waals surface area contributed by atoms with Crippen LogP contribution >= 0.6 is 0 Å². The average molecular weight is 267 g/mol. The number of rotatable bonds is 2. The predicted molar refractivity (Wildman–Crippen MR) is 80.1 cm³/mol. The smallest absolute Gasteiger partial charge is 0.234 e. The highest BCUT2D eigenvalue weighted by Crippen LogP contribution is 2.39. The Morgan fingerprint density at radius 2 is 1.65 bits per heavy atom. The fourth-order valence-electron chi connectivity index (χ4n) is 2.53. The molecule has 0 radical (unpaired) electrons. The molecule has 0 saturated carbocycles. The average Bonchev–Trinajstić information content (AvgIpc) is 2.69. The van der Waals surface area contributed by atoms with Crippen LogP contribution in [0.4, 0.5) is 5.69 Å². The van der Waals surface area contributed by atoms with E-state index in [2.05, 4.69) is 11.4 Å². The van der Waals surface area contributed by atoms with E-state index < -0.39 is 5.41 Å². The molecule has 3 nitrogen and oxygen atoms in total. The molecule has 2 aromatic carbocycles. The monoisotopic (exact) mass is 267 g/mol. The topological polar surface area (TPSA) is 38.3 Å². The molecule has 0 atom stereocenters. The van der Waals surface area contributed by atoms with Crippen LogP contribution < -0.4 is 10.1 Å². The van der Waals surface area contributed by atoms with Crippen LogP contribution in [0.15, 0.2) is 42.5 Å². The van der Waals surface area contributed by atoms with Gasteiger partial charge in [0.1, 0.15) is 5.75 Å². The third-order valence-corrected chi connectivity index (χ3v) is 3.93. The molecule has 1 heterocycles. The highest BCUT2D eigenvalue weighted by atomic mass is 16.5. The van der Waals surface area contributed by atoms with Gasteiger partial charge >= 0.3 is 0 Å². The molecule has 0 fully saturated rings. The second-order valence-electron chi connectivity index (χ2n) is 5.57. The molecule has 1 aliphatic heterocycles. The Morgan fingerprint density at radius 3 is 2.30 bits per heavy atom. The molecule has 0 unspecified atom stereocenters. The lowest BCUT2D eigenvalue weighted by Gasteiger charge is -2.16. The molecule has 1 amide bonds. The van der Waals surface area contributed by atoms with Gasteiger partial charge < -0.3 is 10.1 Å². The van der Waals surface area contributed by atoms with Gasteiger partial charge in [0.15, 0.2) is 0 Å². The molecular formula is C17H17NO2. The van der Waals surface area contributed by atoms with Crippen LogP contribution in [0.5, 0.6) is 5.75 Å². The van der Waals surface area contributed by atoms with Gasteiger partial charge in [-0.25, -0.2) is 0 Å². The van der Waals surface area contributed by atoms with Gasteiger partial charge in [-0.1, -0.05) is 18.2 Å². The number of hydrogen-bond donors (Lipinski definition) is 1. The van der Waals surface area contributed by atoms with E-state index in [4.69, 9.17) is 4.74 Å². The second kappa shape index (κ2) is 4.37. The molecule has 102 valence electrons. The Kier molecular flexibility index (Phi) is 2.78. The first kappa shape index (κ1) is 12.7. The van der Waals surface area contributed by atoms with Crippen LogP contribution in [0.3, 0.4) is 0 Å². The Morgan fingerprint density at radius 1 is 1.00 bits per heavy atom. The molecule has 3 rings (SSSR count). The fraction of sp³-hybridized carbons (Fsp3) is 0.235. The molecule has 1 N–H and O–H groups in total. The summed E-state index contributed by atoms with van der Waals surface area (Å²) < 4.78 is 5.17. The lowest BCUT2D eigenvalue weighted by Crippen LogP contribution is -2.26. The van der Waals surface area contributed by atoms with E-state index in [9.17, 15) is 4.79 Å². The van der Waals surface area contributed by atoms with E-state index in [0.29, 0.717) is 0 Å². The van der Waals surface area contributed by atoms with Crippen LogP contribution in [-0.4, -0.2) is 13.0 Å². The van der Waals surface area contributed by atoms with E-state index in [0.717, 1.165) is 28.1 Å². The molecule has 0 saturated heterocycles. The number of anilines is 1. The van der Waals surface area contributed by atoms with Crippen LogP contribution in [0.1, 0.15) is 19.4 Å². The van der Waals surface area contributed by atoms with Gasteiger partial charge in [-0.15, -0.1) is 0 Å². The fourth-order valence-corrected chi connectivity index (χ4v) is 2.53. The van der Waals surface area contributed by atoms with Crippen molar-refractivity contribution in [1.82, 2.24) is 0 Å². The molecule has 0 spiro atoms. The number of amides is 1. The minimum atomic E-state index is -0.474. The number of ether oxygens (including phenoxy) is 1. The normalized spacial score (nSPS) is 15.7. The van der Waals surface area contributed by atoms with Crippen molar-refractivity contribution in [2.24, 2.45) is 0 Å². The molecule has 3 heteroatoms. The van der Waals surface area contributed by atoms with Gasteiger partial charge in [0.25, 0.3) is 0 Å². The van der Waals surface area contributed by atoms with Crippen molar-refractivity contribution in [2.75, 3.05) is 12.4 Å².